The fraction of sp³-hybridized carbons (Fsp3) is 0.0625. The van der Waals surface area contributed by atoms with Gasteiger partial charge in [-0.25, -0.2) is 15.0 Å². The molecule has 0 saturated carbocycles. The Kier molecular flexibility index (Phi) is 7.31. The van der Waals surface area contributed by atoms with E-state index in [2.05, 4.69) is 127 Å². The lowest BCUT2D eigenvalue weighted by molar-refractivity contribution is 0.667. The molecule has 4 nitrogen and oxygen atoms in total. The van der Waals surface area contributed by atoms with Crippen LogP contribution in [-0.4, -0.2) is 15.0 Å². The van der Waals surface area contributed by atoms with Gasteiger partial charge in [-0.05, 0) is 70.0 Å². The van der Waals surface area contributed by atoms with E-state index in [1.54, 1.807) is 0 Å². The monoisotopic (exact) mass is 667 g/mol. The van der Waals surface area contributed by atoms with E-state index < -0.39 is 0 Å². The Morgan fingerprint density at radius 1 is 0.423 bits per heavy atom. The number of aryl methyl sites for hydroxylation is 1. The lowest BCUT2D eigenvalue weighted by atomic mass is 9.84. The van der Waals surface area contributed by atoms with E-state index in [0.717, 1.165) is 57.2 Å². The third-order valence-corrected chi connectivity index (χ3v) is 10.4. The van der Waals surface area contributed by atoms with Crippen molar-refractivity contribution in [3.63, 3.8) is 0 Å². The molecule has 7 aromatic carbocycles. The van der Waals surface area contributed by atoms with Crippen molar-refractivity contribution in [2.75, 3.05) is 0 Å². The number of hydrogen-bond donors (Lipinski definition) is 0. The third kappa shape index (κ3) is 5.19. The molecule has 1 atom stereocenters. The van der Waals surface area contributed by atoms with Gasteiger partial charge in [0.15, 0.2) is 17.5 Å². The molecule has 52 heavy (non-hydrogen) atoms. The van der Waals surface area contributed by atoms with Gasteiger partial charge in [-0.2, -0.15) is 0 Å². The molecule has 0 amide bonds. The van der Waals surface area contributed by atoms with Crippen LogP contribution in [0.4, 0.5) is 0 Å². The molecule has 10 rings (SSSR count). The normalized spacial score (nSPS) is 13.8. The summed E-state index contributed by atoms with van der Waals surface area (Å²) in [4.78, 5) is 15.2. The quantitative estimate of drug-likeness (QED) is 0.183. The van der Waals surface area contributed by atoms with Crippen LogP contribution in [0.15, 0.2) is 174 Å². The maximum absolute atomic E-state index is 6.66. The molecule has 4 heteroatoms. The average molecular weight is 668 g/mol. The van der Waals surface area contributed by atoms with Gasteiger partial charge in [-0.15, -0.1) is 0 Å². The minimum Gasteiger partial charge on any atom is -0.456 e. The fourth-order valence-corrected chi connectivity index (χ4v) is 8.00. The highest BCUT2D eigenvalue weighted by molar-refractivity contribution is 6.08. The van der Waals surface area contributed by atoms with Crippen molar-refractivity contribution < 1.29 is 4.42 Å². The molecule has 0 bridgehead atoms. The van der Waals surface area contributed by atoms with E-state index in [1.807, 2.05) is 42.5 Å². The second-order valence-corrected chi connectivity index (χ2v) is 13.5. The highest BCUT2D eigenvalue weighted by atomic mass is 16.3. The number of rotatable bonds is 5. The predicted molar refractivity (Wildman–Crippen MR) is 211 cm³/mol. The molecule has 246 valence electrons. The second kappa shape index (κ2) is 12.6. The first kappa shape index (κ1) is 30.2. The van der Waals surface area contributed by atoms with Crippen LogP contribution in [0.2, 0.25) is 0 Å². The van der Waals surface area contributed by atoms with Gasteiger partial charge < -0.3 is 4.42 Å². The Balaban J connectivity index is 1.12. The first-order valence-corrected chi connectivity index (χ1v) is 17.9. The van der Waals surface area contributed by atoms with Crippen molar-refractivity contribution in [2.45, 2.75) is 18.8 Å². The minimum atomic E-state index is 0.233. The van der Waals surface area contributed by atoms with Crippen LogP contribution in [0.3, 0.4) is 0 Å². The topological polar surface area (TPSA) is 51.8 Å². The summed E-state index contributed by atoms with van der Waals surface area (Å²) in [5.74, 6) is 2.09. The van der Waals surface area contributed by atoms with Crippen LogP contribution in [0.5, 0.6) is 0 Å². The lowest BCUT2D eigenvalue weighted by Gasteiger charge is -2.19. The molecular weight excluding hydrogens is 635 g/mol. The molecule has 2 heterocycles. The second-order valence-electron chi connectivity index (χ2n) is 13.5. The van der Waals surface area contributed by atoms with E-state index in [-0.39, 0.29) is 5.92 Å². The van der Waals surface area contributed by atoms with Gasteiger partial charge in [-0.3, -0.25) is 0 Å². The maximum Gasteiger partial charge on any atom is 0.164 e. The molecular formula is C48H33N3O. The van der Waals surface area contributed by atoms with Gasteiger partial charge in [0, 0.05) is 33.4 Å². The first-order valence-electron chi connectivity index (χ1n) is 17.9. The molecule has 0 aliphatic heterocycles. The third-order valence-electron chi connectivity index (χ3n) is 10.4. The molecule has 0 saturated heterocycles. The minimum absolute atomic E-state index is 0.233. The predicted octanol–water partition coefficient (Wildman–Crippen LogP) is 12.2. The number of aromatic nitrogens is 3. The molecule has 0 fully saturated rings. The van der Waals surface area contributed by atoms with Crippen LogP contribution < -0.4 is 0 Å². The van der Waals surface area contributed by atoms with Crippen molar-refractivity contribution in [1.29, 1.82) is 0 Å². The van der Waals surface area contributed by atoms with Crippen LogP contribution in [0.1, 0.15) is 29.0 Å². The molecule has 9 aromatic rings. The van der Waals surface area contributed by atoms with Crippen molar-refractivity contribution in [1.82, 2.24) is 15.0 Å². The van der Waals surface area contributed by atoms with E-state index in [1.165, 1.54) is 33.2 Å². The van der Waals surface area contributed by atoms with Gasteiger partial charge in [0.2, 0.25) is 0 Å². The number of nitrogens with zero attached hydrogens (tertiary/aromatic N) is 3. The number of hydrogen-bond acceptors (Lipinski definition) is 4. The Morgan fingerprint density at radius 2 is 1.04 bits per heavy atom. The number of benzene rings is 7. The zero-order valence-corrected chi connectivity index (χ0v) is 28.4. The van der Waals surface area contributed by atoms with Gasteiger partial charge >= 0.3 is 0 Å². The summed E-state index contributed by atoms with van der Waals surface area (Å²) >= 11 is 0. The zero-order valence-electron chi connectivity index (χ0n) is 28.4. The fourth-order valence-electron chi connectivity index (χ4n) is 8.00. The van der Waals surface area contributed by atoms with Crippen molar-refractivity contribution in [3.8, 4) is 56.4 Å². The smallest absolute Gasteiger partial charge is 0.164 e. The van der Waals surface area contributed by atoms with E-state index in [4.69, 9.17) is 19.4 Å². The molecule has 0 radical (unpaired) electrons. The first-order chi connectivity index (χ1) is 25.8. The van der Waals surface area contributed by atoms with Gasteiger partial charge in [0.05, 0.1) is 0 Å². The summed E-state index contributed by atoms with van der Waals surface area (Å²) in [6.07, 6.45) is 2.04. The lowest BCUT2D eigenvalue weighted by Crippen LogP contribution is -2.03. The summed E-state index contributed by atoms with van der Waals surface area (Å²) < 4.78 is 6.66. The SMILES string of the molecule is c1ccc(-c2nc(-c3ccc4c(c3)oc3cccc(C5CCc6ccccc6-c6ccccc65)c34)nc(-c3ccccc3-c3ccccc3)n2)cc1. The molecule has 1 aliphatic rings. The van der Waals surface area contributed by atoms with Crippen LogP contribution >= 0.6 is 0 Å². The van der Waals surface area contributed by atoms with E-state index in [9.17, 15) is 0 Å². The average Bonchev–Trinajstić information content (AvgIpc) is 3.51. The summed E-state index contributed by atoms with van der Waals surface area (Å²) in [6, 6.07) is 59.5. The van der Waals surface area contributed by atoms with Gasteiger partial charge in [0.1, 0.15) is 11.2 Å². The Bertz CT molecular complexity index is 2750. The van der Waals surface area contributed by atoms with Crippen LogP contribution in [0.25, 0.3) is 78.4 Å². The largest absolute Gasteiger partial charge is 0.456 e. The zero-order chi connectivity index (χ0) is 34.4. The maximum atomic E-state index is 6.66. The summed E-state index contributed by atoms with van der Waals surface area (Å²) in [6.45, 7) is 0. The van der Waals surface area contributed by atoms with Crippen molar-refractivity contribution in [2.24, 2.45) is 0 Å². The number of furan rings is 1. The molecule has 0 N–H and O–H groups in total. The Labute approximate surface area is 302 Å². The Hall–Kier alpha value is -6.65. The molecule has 1 aliphatic carbocycles. The highest BCUT2D eigenvalue weighted by Gasteiger charge is 2.26. The van der Waals surface area contributed by atoms with Gasteiger partial charge in [-0.1, -0.05) is 152 Å². The molecule has 1 unspecified atom stereocenters. The van der Waals surface area contributed by atoms with Gasteiger partial charge in [0.25, 0.3) is 0 Å². The standard InChI is InChI=1S/C48H33N3O/c1-3-14-31(15-4-1)36-20-9-12-23-41(36)48-50-46(33-17-5-2-6-18-33)49-47(51-48)34-27-29-42-44(30-34)52-43-25-13-24-40(45(42)43)39-28-26-32-16-7-8-19-35(32)37-21-10-11-22-38(37)39/h1-25,27,29-30,39H,26,28H2. The molecule has 2 aromatic heterocycles. The van der Waals surface area contributed by atoms with E-state index >= 15 is 0 Å². The van der Waals surface area contributed by atoms with Crippen molar-refractivity contribution >= 4 is 21.9 Å². The Morgan fingerprint density at radius 3 is 1.85 bits per heavy atom. The summed E-state index contributed by atoms with van der Waals surface area (Å²) in [5.41, 5.74) is 13.4. The summed E-state index contributed by atoms with van der Waals surface area (Å²) in [5, 5.41) is 2.27. The molecule has 0 spiro atoms. The summed E-state index contributed by atoms with van der Waals surface area (Å²) in [7, 11) is 0. The van der Waals surface area contributed by atoms with Crippen molar-refractivity contribution in [3.05, 3.63) is 187 Å². The highest BCUT2D eigenvalue weighted by Crippen LogP contribution is 2.45. The van der Waals surface area contributed by atoms with Crippen LogP contribution in [0, 0.1) is 0 Å². The van der Waals surface area contributed by atoms with E-state index in [0.29, 0.717) is 17.5 Å². The van der Waals surface area contributed by atoms with Crippen LogP contribution in [-0.2, 0) is 6.42 Å². The number of fused-ring (bicyclic) bond motifs is 6.